The summed E-state index contributed by atoms with van der Waals surface area (Å²) in [7, 11) is 0. The molecule has 1 atom stereocenters. The van der Waals surface area contributed by atoms with Crippen molar-refractivity contribution in [1.29, 1.82) is 5.26 Å². The number of carbonyl (C=O) groups is 1. The predicted octanol–water partition coefficient (Wildman–Crippen LogP) is 5.36. The number of nitrogens with zero attached hydrogens (tertiary/aromatic N) is 5. The molecule has 5 rings (SSSR count). The standard InChI is InChI=1S/C25H23ClF2N6O2/c1-13-9-15(14(2)30-16-3-4-19(26)32-21(16)23(35)36)20-17(10-13)31-18(11-29)22(33-20)34-8-7-24(5-6-24)25(27,28)12-34/h3-4,9-10,14,30H,5-8,12H2,1-2H3,(H,35,36)/t14-/m1/s1. The van der Waals surface area contributed by atoms with Crippen LogP contribution in [0.15, 0.2) is 24.3 Å². The number of alkyl halides is 2. The Morgan fingerprint density at radius 3 is 2.64 bits per heavy atom. The number of pyridine rings is 1. The fourth-order valence-corrected chi connectivity index (χ4v) is 5.09. The molecule has 11 heteroatoms. The molecule has 8 nitrogen and oxygen atoms in total. The Bertz CT molecular complexity index is 1440. The summed E-state index contributed by atoms with van der Waals surface area (Å²) in [6.07, 6.45) is 1.38. The molecular weight excluding hydrogens is 490 g/mol. The summed E-state index contributed by atoms with van der Waals surface area (Å²) >= 11 is 5.87. The van der Waals surface area contributed by atoms with E-state index in [9.17, 15) is 23.9 Å². The lowest BCUT2D eigenvalue weighted by Gasteiger charge is -2.39. The highest BCUT2D eigenvalue weighted by Gasteiger charge is 2.64. The van der Waals surface area contributed by atoms with Crippen LogP contribution in [-0.2, 0) is 0 Å². The first-order valence-electron chi connectivity index (χ1n) is 11.6. The fourth-order valence-electron chi connectivity index (χ4n) is 4.94. The largest absolute Gasteiger partial charge is 0.476 e. The van der Waals surface area contributed by atoms with Crippen molar-refractivity contribution >= 4 is 40.1 Å². The van der Waals surface area contributed by atoms with Crippen LogP contribution < -0.4 is 10.2 Å². The van der Waals surface area contributed by atoms with Gasteiger partial charge in [0.15, 0.2) is 17.2 Å². The van der Waals surface area contributed by atoms with E-state index in [4.69, 9.17) is 16.6 Å². The second kappa shape index (κ2) is 8.52. The molecule has 186 valence electrons. The van der Waals surface area contributed by atoms with Crippen LogP contribution in [0.4, 0.5) is 20.3 Å². The highest BCUT2D eigenvalue weighted by Crippen LogP contribution is 2.61. The molecule has 3 heterocycles. The Hall–Kier alpha value is -3.58. The van der Waals surface area contributed by atoms with Crippen molar-refractivity contribution in [2.45, 2.75) is 45.1 Å². The number of aromatic nitrogens is 3. The molecule has 1 aliphatic carbocycles. The van der Waals surface area contributed by atoms with Crippen LogP contribution in [-0.4, -0.2) is 45.0 Å². The lowest BCUT2D eigenvalue weighted by Crippen LogP contribution is -2.50. The molecule has 2 fully saturated rings. The number of carboxylic acids is 1. The number of nitriles is 1. The summed E-state index contributed by atoms with van der Waals surface area (Å²) in [6.45, 7) is 3.55. The van der Waals surface area contributed by atoms with Gasteiger partial charge in [-0.3, -0.25) is 0 Å². The van der Waals surface area contributed by atoms with E-state index in [2.05, 4.69) is 15.3 Å². The van der Waals surface area contributed by atoms with Crippen molar-refractivity contribution in [3.8, 4) is 6.07 Å². The minimum atomic E-state index is -2.87. The predicted molar refractivity (Wildman–Crippen MR) is 131 cm³/mol. The third-order valence-corrected chi connectivity index (χ3v) is 7.32. The normalized spacial score (nSPS) is 18.6. The molecule has 3 aromatic rings. The van der Waals surface area contributed by atoms with Gasteiger partial charge in [0, 0.05) is 17.5 Å². The van der Waals surface area contributed by atoms with Crippen molar-refractivity contribution in [2.75, 3.05) is 23.3 Å². The van der Waals surface area contributed by atoms with Gasteiger partial charge >= 0.3 is 5.97 Å². The molecular formula is C25H23ClF2N6O2. The molecule has 2 aromatic heterocycles. The average Bonchev–Trinajstić information content (AvgIpc) is 3.62. The molecule has 0 amide bonds. The number of benzene rings is 1. The number of nitrogens with one attached hydrogen (secondary N) is 1. The molecule has 1 spiro atoms. The number of aryl methyl sites for hydroxylation is 1. The summed E-state index contributed by atoms with van der Waals surface area (Å²) < 4.78 is 29.8. The lowest BCUT2D eigenvalue weighted by molar-refractivity contribution is -0.0795. The smallest absolute Gasteiger partial charge is 0.356 e. The third-order valence-electron chi connectivity index (χ3n) is 7.11. The van der Waals surface area contributed by atoms with Crippen LogP contribution >= 0.6 is 11.6 Å². The SMILES string of the molecule is Cc1cc([C@@H](C)Nc2ccc(Cl)nc2C(=O)O)c2nc(N3CCC4(CC4)C(F)(F)C3)c(C#N)nc2c1. The molecule has 1 saturated carbocycles. The van der Waals surface area contributed by atoms with Crippen molar-refractivity contribution in [1.82, 2.24) is 15.0 Å². The van der Waals surface area contributed by atoms with Gasteiger partial charge in [-0.1, -0.05) is 17.7 Å². The van der Waals surface area contributed by atoms with Crippen molar-refractivity contribution in [3.05, 3.63) is 51.9 Å². The summed E-state index contributed by atoms with van der Waals surface area (Å²) in [5.41, 5.74) is 1.54. The maximum Gasteiger partial charge on any atom is 0.356 e. The molecule has 1 aromatic carbocycles. The second-order valence-electron chi connectivity index (χ2n) is 9.59. The summed E-state index contributed by atoms with van der Waals surface area (Å²) in [4.78, 5) is 26.2. The Labute approximate surface area is 210 Å². The van der Waals surface area contributed by atoms with E-state index < -0.39 is 29.9 Å². The van der Waals surface area contributed by atoms with Gasteiger partial charge in [0.1, 0.15) is 11.2 Å². The van der Waals surface area contributed by atoms with E-state index in [1.807, 2.05) is 26.0 Å². The fraction of sp³-hybridized carbons (Fsp3) is 0.400. The molecule has 1 aliphatic heterocycles. The zero-order valence-electron chi connectivity index (χ0n) is 19.6. The van der Waals surface area contributed by atoms with Crippen LogP contribution in [0.1, 0.15) is 59.5 Å². The third kappa shape index (κ3) is 4.07. The highest BCUT2D eigenvalue weighted by molar-refractivity contribution is 6.29. The van der Waals surface area contributed by atoms with Crippen LogP contribution in [0, 0.1) is 23.7 Å². The van der Waals surface area contributed by atoms with Gasteiger partial charge in [-0.05, 0) is 56.9 Å². The average molecular weight is 513 g/mol. The molecule has 36 heavy (non-hydrogen) atoms. The maximum absolute atomic E-state index is 14.9. The minimum Gasteiger partial charge on any atom is -0.476 e. The topological polar surface area (TPSA) is 115 Å². The zero-order valence-corrected chi connectivity index (χ0v) is 20.4. The first kappa shape index (κ1) is 24.1. The first-order chi connectivity index (χ1) is 17.0. The second-order valence-corrected chi connectivity index (χ2v) is 9.97. The Morgan fingerprint density at radius 1 is 1.25 bits per heavy atom. The Morgan fingerprint density at radius 2 is 2.00 bits per heavy atom. The number of hydrogen-bond acceptors (Lipinski definition) is 7. The van der Waals surface area contributed by atoms with Gasteiger partial charge in [-0.15, -0.1) is 0 Å². The Kier molecular flexibility index (Phi) is 5.71. The molecule has 2 aliphatic rings. The van der Waals surface area contributed by atoms with Crippen LogP contribution in [0.25, 0.3) is 11.0 Å². The van der Waals surface area contributed by atoms with Crippen LogP contribution in [0.2, 0.25) is 5.15 Å². The number of anilines is 2. The number of piperidine rings is 1. The van der Waals surface area contributed by atoms with Crippen molar-refractivity contribution in [3.63, 3.8) is 0 Å². The van der Waals surface area contributed by atoms with Gasteiger partial charge < -0.3 is 15.3 Å². The summed E-state index contributed by atoms with van der Waals surface area (Å²) in [6, 6.07) is 8.23. The summed E-state index contributed by atoms with van der Waals surface area (Å²) in [5.74, 6) is -3.97. The van der Waals surface area contributed by atoms with Gasteiger partial charge in [0.25, 0.3) is 5.92 Å². The molecule has 0 unspecified atom stereocenters. The van der Waals surface area contributed by atoms with E-state index in [-0.39, 0.29) is 28.0 Å². The minimum absolute atomic E-state index is 0.00252. The summed E-state index contributed by atoms with van der Waals surface area (Å²) in [5, 5.41) is 22.5. The Balaban J connectivity index is 1.56. The first-order valence-corrected chi connectivity index (χ1v) is 11.9. The number of fused-ring (bicyclic) bond motifs is 1. The van der Waals surface area contributed by atoms with Crippen molar-refractivity contribution < 1.29 is 18.7 Å². The lowest BCUT2D eigenvalue weighted by atomic mass is 9.89. The van der Waals surface area contributed by atoms with Gasteiger partial charge in [-0.25, -0.2) is 28.5 Å². The van der Waals surface area contributed by atoms with E-state index >= 15 is 0 Å². The molecule has 0 bridgehead atoms. The van der Waals surface area contributed by atoms with E-state index in [1.54, 1.807) is 6.07 Å². The maximum atomic E-state index is 14.9. The number of halogens is 3. The van der Waals surface area contributed by atoms with Crippen molar-refractivity contribution in [2.24, 2.45) is 5.41 Å². The van der Waals surface area contributed by atoms with Gasteiger partial charge in [-0.2, -0.15) is 5.26 Å². The number of carboxylic acid groups (broad SMARTS) is 1. The van der Waals surface area contributed by atoms with Gasteiger partial charge in [0.05, 0.1) is 29.3 Å². The number of aromatic carboxylic acids is 1. The van der Waals surface area contributed by atoms with Crippen LogP contribution in [0.5, 0.6) is 0 Å². The van der Waals surface area contributed by atoms with E-state index in [0.29, 0.717) is 42.4 Å². The molecule has 0 radical (unpaired) electrons. The highest BCUT2D eigenvalue weighted by atomic mass is 35.5. The van der Waals surface area contributed by atoms with E-state index in [0.717, 1.165) is 5.56 Å². The van der Waals surface area contributed by atoms with Crippen LogP contribution in [0.3, 0.4) is 0 Å². The van der Waals surface area contributed by atoms with E-state index in [1.165, 1.54) is 17.0 Å². The van der Waals surface area contributed by atoms with Gasteiger partial charge in [0.2, 0.25) is 0 Å². The number of hydrogen-bond donors (Lipinski definition) is 2. The quantitative estimate of drug-likeness (QED) is 0.439. The monoisotopic (exact) mass is 512 g/mol. The number of rotatable bonds is 5. The molecule has 2 N–H and O–H groups in total. The zero-order chi connectivity index (χ0) is 25.8. The molecule has 1 saturated heterocycles.